The van der Waals surface area contributed by atoms with E-state index in [1.807, 2.05) is 23.1 Å². The summed E-state index contributed by atoms with van der Waals surface area (Å²) in [6.07, 6.45) is 2.23. The number of nitrogens with two attached hydrogens (primary N) is 1. The van der Waals surface area contributed by atoms with Crippen molar-refractivity contribution in [2.45, 2.75) is 32.2 Å². The molecule has 2 rings (SSSR count). The van der Waals surface area contributed by atoms with Crippen LogP contribution in [-0.2, 0) is 11.2 Å². The zero-order chi connectivity index (χ0) is 16.1. The molecule has 1 aromatic rings. The van der Waals surface area contributed by atoms with Crippen molar-refractivity contribution < 1.29 is 14.3 Å². The smallest absolute Gasteiger partial charge is 0.223 e. The summed E-state index contributed by atoms with van der Waals surface area (Å²) in [7, 11) is 3.23. The van der Waals surface area contributed by atoms with Crippen LogP contribution in [0.25, 0.3) is 0 Å². The number of amides is 1. The van der Waals surface area contributed by atoms with Crippen molar-refractivity contribution in [3.05, 3.63) is 23.8 Å². The molecule has 6 heteroatoms. The van der Waals surface area contributed by atoms with Gasteiger partial charge < -0.3 is 20.1 Å². The van der Waals surface area contributed by atoms with Crippen molar-refractivity contribution in [3.63, 3.8) is 0 Å². The molecule has 0 radical (unpaired) electrons. The van der Waals surface area contributed by atoms with Crippen molar-refractivity contribution in [1.82, 2.24) is 4.90 Å². The number of likely N-dealkylation sites (tertiary alicyclic amines) is 1. The molecule has 0 saturated carbocycles. The first kappa shape index (κ1) is 19.6. The van der Waals surface area contributed by atoms with Gasteiger partial charge in [-0.05, 0) is 49.9 Å². The van der Waals surface area contributed by atoms with E-state index in [1.165, 1.54) is 0 Å². The molecule has 1 aliphatic rings. The van der Waals surface area contributed by atoms with Crippen molar-refractivity contribution in [1.29, 1.82) is 0 Å². The van der Waals surface area contributed by atoms with Gasteiger partial charge in [-0.2, -0.15) is 0 Å². The van der Waals surface area contributed by atoms with Gasteiger partial charge in [-0.3, -0.25) is 4.79 Å². The van der Waals surface area contributed by atoms with E-state index in [0.717, 1.165) is 18.5 Å². The monoisotopic (exact) mass is 342 g/mol. The maximum atomic E-state index is 12.4. The summed E-state index contributed by atoms with van der Waals surface area (Å²) in [5.41, 5.74) is 6.80. The highest BCUT2D eigenvalue weighted by Crippen LogP contribution is 2.28. The van der Waals surface area contributed by atoms with Crippen molar-refractivity contribution >= 4 is 18.3 Å². The van der Waals surface area contributed by atoms with Crippen LogP contribution in [0.1, 0.15) is 25.3 Å². The van der Waals surface area contributed by atoms with E-state index in [9.17, 15) is 4.79 Å². The number of ether oxygens (including phenoxy) is 2. The molecular weight excluding hydrogens is 316 g/mol. The first-order valence-electron chi connectivity index (χ1n) is 7.79. The van der Waals surface area contributed by atoms with Crippen LogP contribution in [0.2, 0.25) is 0 Å². The Bertz CT molecular complexity index is 525. The Labute approximate surface area is 144 Å². The topological polar surface area (TPSA) is 64.8 Å². The highest BCUT2D eigenvalue weighted by molar-refractivity contribution is 5.85. The summed E-state index contributed by atoms with van der Waals surface area (Å²) in [4.78, 5) is 14.4. The molecule has 0 spiro atoms. The van der Waals surface area contributed by atoms with Gasteiger partial charge in [-0.15, -0.1) is 12.4 Å². The lowest BCUT2D eigenvalue weighted by molar-refractivity contribution is -0.131. The summed E-state index contributed by atoms with van der Waals surface area (Å²) < 4.78 is 10.5. The highest BCUT2D eigenvalue weighted by atomic mass is 35.5. The molecule has 5 nitrogen and oxygen atoms in total. The summed E-state index contributed by atoms with van der Waals surface area (Å²) in [5, 5.41) is 0. The second-order valence-corrected chi connectivity index (χ2v) is 5.92. The van der Waals surface area contributed by atoms with Gasteiger partial charge in [0.2, 0.25) is 5.91 Å². The maximum absolute atomic E-state index is 12.4. The minimum absolute atomic E-state index is 0. The van der Waals surface area contributed by atoms with Crippen LogP contribution in [-0.4, -0.2) is 44.2 Å². The largest absolute Gasteiger partial charge is 0.493 e. The van der Waals surface area contributed by atoms with Gasteiger partial charge in [0.15, 0.2) is 11.5 Å². The number of halogens is 1. The summed E-state index contributed by atoms with van der Waals surface area (Å²) >= 11 is 0. The van der Waals surface area contributed by atoms with Gasteiger partial charge in [0.1, 0.15) is 0 Å². The zero-order valence-electron chi connectivity index (χ0n) is 14.1. The molecule has 1 aromatic carbocycles. The highest BCUT2D eigenvalue weighted by Gasteiger charge is 2.31. The molecule has 23 heavy (non-hydrogen) atoms. The molecular formula is C17H27ClN2O3. The van der Waals surface area contributed by atoms with E-state index in [2.05, 4.69) is 6.92 Å². The molecule has 1 saturated heterocycles. The minimum atomic E-state index is 0. The average molecular weight is 343 g/mol. The van der Waals surface area contributed by atoms with Crippen molar-refractivity contribution in [3.8, 4) is 11.5 Å². The second kappa shape index (κ2) is 8.99. The van der Waals surface area contributed by atoms with E-state index in [0.29, 0.717) is 42.8 Å². The molecule has 0 aliphatic carbocycles. The predicted octanol–water partition coefficient (Wildman–Crippen LogP) is 2.25. The first-order chi connectivity index (χ1) is 10.6. The van der Waals surface area contributed by atoms with Crippen LogP contribution in [0.15, 0.2) is 18.2 Å². The number of nitrogens with zero attached hydrogens (tertiary/aromatic N) is 1. The number of benzene rings is 1. The van der Waals surface area contributed by atoms with E-state index in [-0.39, 0.29) is 18.3 Å². The van der Waals surface area contributed by atoms with Crippen LogP contribution in [0, 0.1) is 5.92 Å². The Morgan fingerprint density at radius 1 is 1.30 bits per heavy atom. The number of carbonyl (C=O) groups is 1. The lowest BCUT2D eigenvalue weighted by Crippen LogP contribution is -2.34. The van der Waals surface area contributed by atoms with Crippen molar-refractivity contribution in [2.24, 2.45) is 11.7 Å². The lowest BCUT2D eigenvalue weighted by Gasteiger charge is -2.21. The maximum Gasteiger partial charge on any atom is 0.223 e. The average Bonchev–Trinajstić information content (AvgIpc) is 2.93. The molecule has 1 amide bonds. The van der Waals surface area contributed by atoms with Gasteiger partial charge in [0.25, 0.3) is 0 Å². The number of aryl methyl sites for hydroxylation is 1. The Balaban J connectivity index is 0.00000264. The molecule has 1 aliphatic heterocycles. The fourth-order valence-corrected chi connectivity index (χ4v) is 3.09. The lowest BCUT2D eigenvalue weighted by atomic mass is 10.1. The van der Waals surface area contributed by atoms with E-state index in [4.69, 9.17) is 15.2 Å². The van der Waals surface area contributed by atoms with E-state index < -0.39 is 0 Å². The third-order valence-electron chi connectivity index (χ3n) is 4.39. The number of carbonyl (C=O) groups excluding carboxylic acids is 1. The quantitative estimate of drug-likeness (QED) is 0.861. The summed E-state index contributed by atoms with van der Waals surface area (Å²) in [6, 6.07) is 6.08. The van der Waals surface area contributed by atoms with Crippen LogP contribution in [0.4, 0.5) is 0 Å². The van der Waals surface area contributed by atoms with Gasteiger partial charge >= 0.3 is 0 Å². The standard InChI is InChI=1S/C17H26N2O3.ClH/c1-12-8-14(10-18)11-19(12)17(20)7-5-13-4-6-15(21-2)16(9-13)22-3;/h4,6,9,12,14H,5,7-8,10-11,18H2,1-3H3;1H. The summed E-state index contributed by atoms with van der Waals surface area (Å²) in [5.74, 6) is 2.06. The van der Waals surface area contributed by atoms with Crippen LogP contribution in [0.5, 0.6) is 11.5 Å². The zero-order valence-corrected chi connectivity index (χ0v) is 14.9. The van der Waals surface area contributed by atoms with Gasteiger partial charge in [0.05, 0.1) is 14.2 Å². The Morgan fingerprint density at radius 3 is 2.57 bits per heavy atom. The molecule has 2 atom stereocenters. The molecule has 0 aromatic heterocycles. The molecule has 130 valence electrons. The van der Waals surface area contributed by atoms with E-state index in [1.54, 1.807) is 14.2 Å². The normalized spacial score (nSPS) is 20.1. The number of hydrogen-bond donors (Lipinski definition) is 1. The molecule has 0 bridgehead atoms. The second-order valence-electron chi connectivity index (χ2n) is 5.92. The van der Waals surface area contributed by atoms with E-state index >= 15 is 0 Å². The van der Waals surface area contributed by atoms with Crippen LogP contribution >= 0.6 is 12.4 Å². The van der Waals surface area contributed by atoms with Gasteiger partial charge in [-0.1, -0.05) is 6.07 Å². The molecule has 1 heterocycles. The molecule has 1 fully saturated rings. The Morgan fingerprint density at radius 2 is 2.00 bits per heavy atom. The third kappa shape index (κ3) is 4.75. The fourth-order valence-electron chi connectivity index (χ4n) is 3.09. The SMILES string of the molecule is COc1ccc(CCC(=O)N2CC(CN)CC2C)cc1OC.Cl. The predicted molar refractivity (Wildman–Crippen MR) is 93.5 cm³/mol. The van der Waals surface area contributed by atoms with Crippen LogP contribution in [0.3, 0.4) is 0 Å². The number of methoxy groups -OCH3 is 2. The Kier molecular flexibility index (Phi) is 7.65. The summed E-state index contributed by atoms with van der Waals surface area (Å²) in [6.45, 7) is 3.55. The van der Waals surface area contributed by atoms with Gasteiger partial charge in [0, 0.05) is 19.0 Å². The minimum Gasteiger partial charge on any atom is -0.493 e. The fraction of sp³-hybridized carbons (Fsp3) is 0.588. The van der Waals surface area contributed by atoms with Crippen molar-refractivity contribution in [2.75, 3.05) is 27.3 Å². The van der Waals surface area contributed by atoms with Gasteiger partial charge in [-0.25, -0.2) is 0 Å². The number of rotatable bonds is 6. The number of hydrogen-bond acceptors (Lipinski definition) is 4. The van der Waals surface area contributed by atoms with Crippen LogP contribution < -0.4 is 15.2 Å². The molecule has 2 N–H and O–H groups in total. The molecule has 2 unspecified atom stereocenters. The first-order valence-corrected chi connectivity index (χ1v) is 7.79. The Hall–Kier alpha value is -1.46. The third-order valence-corrected chi connectivity index (χ3v) is 4.39.